The third kappa shape index (κ3) is 3.90. The number of amides is 2. The van der Waals surface area contributed by atoms with Crippen LogP contribution in [0.25, 0.3) is 16.4 Å². The summed E-state index contributed by atoms with van der Waals surface area (Å²) in [5, 5.41) is 8.79. The Kier molecular flexibility index (Phi) is 4.88. The van der Waals surface area contributed by atoms with Crippen LogP contribution >= 0.6 is 11.3 Å². The molecule has 0 spiro atoms. The second-order valence-electron chi connectivity index (χ2n) is 6.03. The first kappa shape index (κ1) is 18.5. The van der Waals surface area contributed by atoms with E-state index in [0.717, 1.165) is 4.88 Å². The molecule has 3 N–H and O–H groups in total. The molecule has 4 rings (SSSR count). The normalized spacial score (nSPS) is 10.7. The fraction of sp³-hybridized carbons (Fsp3) is 0. The van der Waals surface area contributed by atoms with Gasteiger partial charge in [0.05, 0.1) is 10.6 Å². The number of hydrogen-bond donors (Lipinski definition) is 2. The van der Waals surface area contributed by atoms with Gasteiger partial charge in [0, 0.05) is 11.3 Å². The van der Waals surface area contributed by atoms with Crippen LogP contribution in [0, 0.1) is 5.82 Å². The van der Waals surface area contributed by atoms with Gasteiger partial charge in [0.2, 0.25) is 11.7 Å². The van der Waals surface area contributed by atoms with E-state index >= 15 is 0 Å². The molecule has 0 radical (unpaired) electrons. The second-order valence-corrected chi connectivity index (χ2v) is 6.97. The third-order valence-corrected chi connectivity index (χ3v) is 4.88. The van der Waals surface area contributed by atoms with Gasteiger partial charge in [-0.1, -0.05) is 18.2 Å². The van der Waals surface area contributed by atoms with Crippen molar-refractivity contribution < 1.29 is 14.0 Å². The van der Waals surface area contributed by atoms with Crippen LogP contribution in [0.2, 0.25) is 0 Å². The molecular formula is C20H14FN5O2S. The lowest BCUT2D eigenvalue weighted by molar-refractivity contribution is 0.0994. The number of rotatable bonds is 5. The Bertz CT molecular complexity index is 1200. The molecule has 7 nitrogen and oxygen atoms in total. The van der Waals surface area contributed by atoms with Crippen molar-refractivity contribution in [3.8, 4) is 16.4 Å². The predicted molar refractivity (Wildman–Crippen MR) is 108 cm³/mol. The van der Waals surface area contributed by atoms with Crippen LogP contribution in [0.3, 0.4) is 0 Å². The van der Waals surface area contributed by atoms with Crippen molar-refractivity contribution in [2.24, 2.45) is 5.73 Å². The number of carbonyl (C=O) groups is 2. The summed E-state index contributed by atoms with van der Waals surface area (Å²) in [6.07, 6.45) is 0. The van der Waals surface area contributed by atoms with Crippen LogP contribution in [0.1, 0.15) is 21.0 Å². The smallest absolute Gasteiger partial charge is 0.295 e. The van der Waals surface area contributed by atoms with Crippen molar-refractivity contribution in [3.63, 3.8) is 0 Å². The van der Waals surface area contributed by atoms with Crippen LogP contribution in [0.15, 0.2) is 66.0 Å². The van der Waals surface area contributed by atoms with Gasteiger partial charge in [-0.05, 0) is 47.8 Å². The number of nitrogens with zero attached hydrogens (tertiary/aromatic N) is 3. The Morgan fingerprint density at radius 3 is 2.62 bits per heavy atom. The fourth-order valence-corrected chi connectivity index (χ4v) is 3.40. The standard InChI is InChI=1S/C20H14FN5O2S/c21-13-5-2-7-15(11-13)26-19(16-8-3-9-29-16)24-18(25-26)20(28)23-14-6-1-4-12(10-14)17(22)27/h1-11H,(H2,22,27)(H,23,28). The summed E-state index contributed by atoms with van der Waals surface area (Å²) in [6.45, 7) is 0. The molecule has 0 aliphatic carbocycles. The van der Waals surface area contributed by atoms with Gasteiger partial charge in [0.25, 0.3) is 5.91 Å². The van der Waals surface area contributed by atoms with Gasteiger partial charge in [0.15, 0.2) is 5.82 Å². The lowest BCUT2D eigenvalue weighted by Crippen LogP contribution is -2.16. The number of nitrogens with one attached hydrogen (secondary N) is 1. The molecule has 29 heavy (non-hydrogen) atoms. The Morgan fingerprint density at radius 1 is 1.07 bits per heavy atom. The minimum absolute atomic E-state index is 0.0952. The van der Waals surface area contributed by atoms with E-state index in [1.165, 1.54) is 34.2 Å². The average molecular weight is 407 g/mol. The van der Waals surface area contributed by atoms with Crippen molar-refractivity contribution in [1.29, 1.82) is 0 Å². The van der Waals surface area contributed by atoms with E-state index in [4.69, 9.17) is 5.73 Å². The highest BCUT2D eigenvalue weighted by Crippen LogP contribution is 2.26. The number of carbonyl (C=O) groups excluding carboxylic acids is 2. The summed E-state index contributed by atoms with van der Waals surface area (Å²) in [6, 6.07) is 15.8. The zero-order valence-corrected chi connectivity index (χ0v) is 15.7. The average Bonchev–Trinajstić information content (AvgIpc) is 3.38. The molecule has 2 amide bonds. The highest BCUT2D eigenvalue weighted by molar-refractivity contribution is 7.13. The minimum atomic E-state index is -0.602. The molecule has 0 atom stereocenters. The summed E-state index contributed by atoms with van der Waals surface area (Å²) in [7, 11) is 0. The Hall–Kier alpha value is -3.85. The molecule has 0 aliphatic rings. The minimum Gasteiger partial charge on any atom is -0.366 e. The maximum absolute atomic E-state index is 13.7. The molecule has 0 fully saturated rings. The predicted octanol–water partition coefficient (Wildman–Crippen LogP) is 3.49. The maximum Gasteiger partial charge on any atom is 0.295 e. The topological polar surface area (TPSA) is 103 Å². The Labute approximate surface area is 168 Å². The molecule has 144 valence electrons. The van der Waals surface area contributed by atoms with E-state index in [2.05, 4.69) is 15.4 Å². The molecule has 2 aromatic heterocycles. The van der Waals surface area contributed by atoms with Gasteiger partial charge >= 0.3 is 0 Å². The second kappa shape index (κ2) is 7.64. The van der Waals surface area contributed by atoms with Crippen molar-refractivity contribution in [2.45, 2.75) is 0 Å². The molecule has 0 aliphatic heterocycles. The van der Waals surface area contributed by atoms with Crippen molar-refractivity contribution in [2.75, 3.05) is 5.32 Å². The zero-order chi connectivity index (χ0) is 20.4. The molecule has 0 bridgehead atoms. The fourth-order valence-electron chi connectivity index (χ4n) is 2.70. The van der Waals surface area contributed by atoms with E-state index in [1.54, 1.807) is 30.3 Å². The van der Waals surface area contributed by atoms with Crippen LogP contribution in [0.4, 0.5) is 10.1 Å². The summed E-state index contributed by atoms with van der Waals surface area (Å²) in [5.41, 5.74) is 6.35. The number of hydrogen-bond acceptors (Lipinski definition) is 5. The van der Waals surface area contributed by atoms with Crippen LogP contribution in [-0.4, -0.2) is 26.6 Å². The van der Waals surface area contributed by atoms with E-state index in [1.807, 2.05) is 17.5 Å². The quantitative estimate of drug-likeness (QED) is 0.529. The third-order valence-electron chi connectivity index (χ3n) is 4.01. The zero-order valence-electron chi connectivity index (χ0n) is 14.9. The maximum atomic E-state index is 13.7. The molecular weight excluding hydrogens is 393 g/mol. The van der Waals surface area contributed by atoms with Crippen molar-refractivity contribution >= 4 is 28.8 Å². The van der Waals surface area contributed by atoms with Gasteiger partial charge < -0.3 is 11.1 Å². The molecule has 0 saturated carbocycles. The van der Waals surface area contributed by atoms with Gasteiger partial charge in [-0.25, -0.2) is 14.1 Å². The van der Waals surface area contributed by atoms with Gasteiger partial charge in [-0.15, -0.1) is 16.4 Å². The number of aromatic nitrogens is 3. The molecule has 0 unspecified atom stereocenters. The number of thiophene rings is 1. The first-order valence-electron chi connectivity index (χ1n) is 8.49. The highest BCUT2D eigenvalue weighted by Gasteiger charge is 2.20. The SMILES string of the molecule is NC(=O)c1cccc(NC(=O)c2nc(-c3cccs3)n(-c3cccc(F)c3)n2)c1. The van der Waals surface area contributed by atoms with Gasteiger partial charge in [-0.2, -0.15) is 0 Å². The summed E-state index contributed by atoms with van der Waals surface area (Å²) in [5.74, 6) is -1.28. The van der Waals surface area contributed by atoms with E-state index in [0.29, 0.717) is 17.2 Å². The van der Waals surface area contributed by atoms with Gasteiger partial charge in [0.1, 0.15) is 5.82 Å². The van der Waals surface area contributed by atoms with Crippen molar-refractivity contribution in [1.82, 2.24) is 14.8 Å². The summed E-state index contributed by atoms with van der Waals surface area (Å²) >= 11 is 1.42. The number of benzene rings is 2. The largest absolute Gasteiger partial charge is 0.366 e. The monoisotopic (exact) mass is 407 g/mol. The number of primary amides is 1. The Balaban J connectivity index is 1.71. The van der Waals surface area contributed by atoms with E-state index in [-0.39, 0.29) is 11.4 Å². The first-order chi connectivity index (χ1) is 14.0. The lowest BCUT2D eigenvalue weighted by atomic mass is 10.2. The van der Waals surface area contributed by atoms with E-state index in [9.17, 15) is 14.0 Å². The molecule has 0 saturated heterocycles. The molecule has 9 heteroatoms. The molecule has 2 heterocycles. The molecule has 4 aromatic rings. The Morgan fingerprint density at radius 2 is 1.90 bits per heavy atom. The van der Waals surface area contributed by atoms with Gasteiger partial charge in [-0.3, -0.25) is 9.59 Å². The highest BCUT2D eigenvalue weighted by atomic mass is 32.1. The number of nitrogens with two attached hydrogens (primary N) is 1. The van der Waals surface area contributed by atoms with Crippen LogP contribution in [-0.2, 0) is 0 Å². The van der Waals surface area contributed by atoms with Crippen LogP contribution in [0.5, 0.6) is 0 Å². The van der Waals surface area contributed by atoms with Crippen LogP contribution < -0.4 is 11.1 Å². The number of halogens is 1. The summed E-state index contributed by atoms with van der Waals surface area (Å²) in [4.78, 5) is 29.1. The molecule has 2 aromatic carbocycles. The summed E-state index contributed by atoms with van der Waals surface area (Å²) < 4.78 is 15.1. The van der Waals surface area contributed by atoms with Crippen molar-refractivity contribution in [3.05, 3.63) is 83.2 Å². The number of anilines is 1. The first-order valence-corrected chi connectivity index (χ1v) is 9.37. The lowest BCUT2D eigenvalue weighted by Gasteiger charge is -2.04. The van der Waals surface area contributed by atoms with E-state index < -0.39 is 17.6 Å².